The second-order valence-corrected chi connectivity index (χ2v) is 5.87. The smallest absolute Gasteiger partial charge is 0.330 e. The molecule has 142 valence electrons. The fraction of sp³-hybridized carbons (Fsp3) is 0.375. The minimum atomic E-state index is -4.20. The fourth-order valence-corrected chi connectivity index (χ4v) is 2.17. The van der Waals surface area contributed by atoms with E-state index in [0.717, 1.165) is 0 Å². The number of benzene rings is 1. The van der Waals surface area contributed by atoms with Crippen molar-refractivity contribution in [2.45, 2.75) is 25.5 Å². The Labute approximate surface area is 151 Å². The number of aromatic nitrogens is 2. The van der Waals surface area contributed by atoms with E-state index < -0.39 is 19.0 Å². The second-order valence-electron chi connectivity index (χ2n) is 5.43. The van der Waals surface area contributed by atoms with Gasteiger partial charge in [0, 0.05) is 18.3 Å². The van der Waals surface area contributed by atoms with Crippen LogP contribution in [-0.4, -0.2) is 41.2 Å². The second kappa shape index (κ2) is 9.00. The van der Waals surface area contributed by atoms with Crippen molar-refractivity contribution in [2.24, 2.45) is 0 Å². The van der Waals surface area contributed by atoms with Gasteiger partial charge in [-0.3, -0.25) is 9.48 Å². The molecule has 0 saturated heterocycles. The van der Waals surface area contributed by atoms with Gasteiger partial charge in [-0.25, -0.2) is 8.78 Å². The van der Waals surface area contributed by atoms with Gasteiger partial charge in [-0.05, 0) is 17.7 Å². The highest BCUT2D eigenvalue weighted by Gasteiger charge is 2.40. The number of alkyl halides is 4. The summed E-state index contributed by atoms with van der Waals surface area (Å²) in [5.41, 5.74) is 0.715. The van der Waals surface area contributed by atoms with E-state index >= 15 is 0 Å². The van der Waals surface area contributed by atoms with Crippen LogP contribution in [0.1, 0.15) is 15.9 Å². The first-order valence-corrected chi connectivity index (χ1v) is 7.94. The molecule has 0 aliphatic rings. The maximum Gasteiger partial charge on any atom is 0.330 e. The Morgan fingerprint density at radius 2 is 2.15 bits per heavy atom. The SMILES string of the molecule is O=C(NCCn1cc(Cl)cn1)c1cccc(COCC(F)(F)C(F)F)c1. The first kappa shape index (κ1) is 20.2. The number of nitrogens with zero attached hydrogens (tertiary/aromatic N) is 2. The van der Waals surface area contributed by atoms with Crippen LogP contribution in [0.4, 0.5) is 17.6 Å². The predicted octanol–water partition coefficient (Wildman–Crippen LogP) is 3.38. The summed E-state index contributed by atoms with van der Waals surface area (Å²) in [7, 11) is 0. The molecule has 1 aromatic carbocycles. The van der Waals surface area contributed by atoms with Gasteiger partial charge < -0.3 is 10.1 Å². The van der Waals surface area contributed by atoms with E-state index in [2.05, 4.69) is 15.2 Å². The van der Waals surface area contributed by atoms with E-state index in [1.807, 2.05) is 0 Å². The third-order valence-corrected chi connectivity index (χ3v) is 3.50. The summed E-state index contributed by atoms with van der Waals surface area (Å²) in [5.74, 6) is -4.58. The number of halogens is 5. The number of hydrogen-bond acceptors (Lipinski definition) is 3. The number of hydrogen-bond donors (Lipinski definition) is 1. The van der Waals surface area contributed by atoms with Gasteiger partial charge >= 0.3 is 12.3 Å². The largest absolute Gasteiger partial charge is 0.370 e. The average Bonchev–Trinajstić information content (AvgIpc) is 3.00. The maximum atomic E-state index is 12.8. The summed E-state index contributed by atoms with van der Waals surface area (Å²) < 4.78 is 55.9. The molecule has 0 saturated carbocycles. The van der Waals surface area contributed by atoms with Crippen LogP contribution in [-0.2, 0) is 17.9 Å². The molecule has 26 heavy (non-hydrogen) atoms. The van der Waals surface area contributed by atoms with Gasteiger partial charge in [-0.1, -0.05) is 23.7 Å². The van der Waals surface area contributed by atoms with Gasteiger partial charge in [-0.2, -0.15) is 13.9 Å². The molecule has 1 N–H and O–H groups in total. The summed E-state index contributed by atoms with van der Waals surface area (Å²) in [6, 6.07) is 6.08. The van der Waals surface area contributed by atoms with Gasteiger partial charge in [0.15, 0.2) is 0 Å². The van der Waals surface area contributed by atoms with E-state index in [1.165, 1.54) is 18.3 Å². The van der Waals surface area contributed by atoms with Gasteiger partial charge in [0.25, 0.3) is 5.91 Å². The van der Waals surface area contributed by atoms with Crippen LogP contribution in [0.5, 0.6) is 0 Å². The molecule has 0 aliphatic heterocycles. The molecular weight excluding hydrogens is 378 g/mol. The lowest BCUT2D eigenvalue weighted by molar-refractivity contribution is -0.168. The topological polar surface area (TPSA) is 56.2 Å². The Kier molecular flexibility index (Phi) is 6.98. The van der Waals surface area contributed by atoms with Crippen LogP contribution < -0.4 is 5.32 Å². The first-order chi connectivity index (χ1) is 12.3. The van der Waals surface area contributed by atoms with Gasteiger partial charge in [0.1, 0.15) is 6.61 Å². The van der Waals surface area contributed by atoms with Crippen molar-refractivity contribution in [3.05, 3.63) is 52.8 Å². The number of nitrogens with one attached hydrogen (secondary N) is 1. The van der Waals surface area contributed by atoms with Crippen LogP contribution in [0.25, 0.3) is 0 Å². The van der Waals surface area contributed by atoms with E-state index in [4.69, 9.17) is 11.6 Å². The van der Waals surface area contributed by atoms with Crippen LogP contribution >= 0.6 is 11.6 Å². The van der Waals surface area contributed by atoms with Crippen LogP contribution in [0.2, 0.25) is 5.02 Å². The third kappa shape index (κ3) is 5.99. The Balaban J connectivity index is 1.82. The van der Waals surface area contributed by atoms with E-state index in [0.29, 0.717) is 29.2 Å². The molecule has 0 radical (unpaired) electrons. The first-order valence-electron chi connectivity index (χ1n) is 7.57. The number of carbonyl (C=O) groups is 1. The Bertz CT molecular complexity index is 740. The number of carbonyl (C=O) groups excluding carboxylic acids is 1. The third-order valence-electron chi connectivity index (χ3n) is 3.30. The summed E-state index contributed by atoms with van der Waals surface area (Å²) in [4.78, 5) is 12.1. The van der Waals surface area contributed by atoms with Crippen molar-refractivity contribution in [2.75, 3.05) is 13.2 Å². The van der Waals surface area contributed by atoms with E-state index in [-0.39, 0.29) is 12.5 Å². The van der Waals surface area contributed by atoms with Crippen LogP contribution in [0.3, 0.4) is 0 Å². The molecule has 5 nitrogen and oxygen atoms in total. The molecule has 1 amide bonds. The average molecular weight is 394 g/mol. The lowest BCUT2D eigenvalue weighted by Crippen LogP contribution is -2.32. The van der Waals surface area contributed by atoms with E-state index in [9.17, 15) is 22.4 Å². The molecule has 0 aliphatic carbocycles. The van der Waals surface area contributed by atoms with Crippen LogP contribution in [0.15, 0.2) is 36.7 Å². The molecular formula is C16H16ClF4N3O2. The predicted molar refractivity (Wildman–Crippen MR) is 86.6 cm³/mol. The van der Waals surface area contributed by atoms with Crippen molar-refractivity contribution >= 4 is 17.5 Å². The minimum Gasteiger partial charge on any atom is -0.370 e. The lowest BCUT2D eigenvalue weighted by Gasteiger charge is -2.15. The molecule has 0 spiro atoms. The van der Waals surface area contributed by atoms with Gasteiger partial charge in [-0.15, -0.1) is 0 Å². The minimum absolute atomic E-state index is 0.296. The number of amides is 1. The molecule has 1 aromatic heterocycles. The highest BCUT2D eigenvalue weighted by Crippen LogP contribution is 2.23. The molecule has 2 aromatic rings. The molecule has 0 fully saturated rings. The molecule has 0 unspecified atom stereocenters. The van der Waals surface area contributed by atoms with Crippen molar-refractivity contribution < 1.29 is 27.1 Å². The highest BCUT2D eigenvalue weighted by molar-refractivity contribution is 6.30. The van der Waals surface area contributed by atoms with Crippen LogP contribution in [0, 0.1) is 0 Å². The zero-order valence-corrected chi connectivity index (χ0v) is 14.2. The Hall–Kier alpha value is -2.13. The van der Waals surface area contributed by atoms with Crippen molar-refractivity contribution in [3.8, 4) is 0 Å². The van der Waals surface area contributed by atoms with Crippen molar-refractivity contribution in [3.63, 3.8) is 0 Å². The number of rotatable bonds is 9. The summed E-state index contributed by atoms with van der Waals surface area (Å²) in [6.07, 6.45) is -0.699. The zero-order chi connectivity index (χ0) is 19.2. The quantitative estimate of drug-likeness (QED) is 0.664. The standard InChI is InChI=1S/C16H16ClF4N3O2/c17-13-7-23-24(8-13)5-4-22-14(25)12-3-1-2-11(6-12)9-26-10-16(20,21)15(18)19/h1-3,6-8,15H,4-5,9-10H2,(H,22,25). The summed E-state index contributed by atoms with van der Waals surface area (Å²) >= 11 is 5.73. The molecule has 0 atom stereocenters. The van der Waals surface area contributed by atoms with Crippen molar-refractivity contribution in [1.29, 1.82) is 0 Å². The highest BCUT2D eigenvalue weighted by atomic mass is 35.5. The van der Waals surface area contributed by atoms with Gasteiger partial charge in [0.05, 0.1) is 24.4 Å². The Morgan fingerprint density at radius 1 is 1.38 bits per heavy atom. The fourth-order valence-electron chi connectivity index (χ4n) is 2.02. The number of ether oxygens (including phenoxy) is 1. The molecule has 10 heteroatoms. The molecule has 1 heterocycles. The van der Waals surface area contributed by atoms with Gasteiger partial charge in [0.2, 0.25) is 0 Å². The zero-order valence-electron chi connectivity index (χ0n) is 13.5. The normalized spacial score (nSPS) is 11.8. The lowest BCUT2D eigenvalue weighted by atomic mass is 10.1. The Morgan fingerprint density at radius 3 is 2.81 bits per heavy atom. The molecule has 0 bridgehead atoms. The summed E-state index contributed by atoms with van der Waals surface area (Å²) in [6.45, 7) is -0.981. The van der Waals surface area contributed by atoms with Crippen molar-refractivity contribution in [1.82, 2.24) is 15.1 Å². The summed E-state index contributed by atoms with van der Waals surface area (Å²) in [5, 5.41) is 7.13. The van der Waals surface area contributed by atoms with E-state index in [1.54, 1.807) is 23.0 Å². The molecule has 2 rings (SSSR count). The maximum absolute atomic E-state index is 12.8. The monoisotopic (exact) mass is 393 g/mol.